The lowest BCUT2D eigenvalue weighted by molar-refractivity contribution is 0.420. The average molecular weight is 376 g/mol. The molecule has 27 heavy (non-hydrogen) atoms. The van der Waals surface area contributed by atoms with Gasteiger partial charge in [-0.15, -0.1) is 0 Å². The zero-order valence-corrected chi connectivity index (χ0v) is 15.7. The molecule has 0 bridgehead atoms. The summed E-state index contributed by atoms with van der Waals surface area (Å²) in [5.41, 5.74) is 2.31. The topological polar surface area (TPSA) is 54.6 Å². The Morgan fingerprint density at radius 1 is 1.19 bits per heavy atom. The van der Waals surface area contributed by atoms with E-state index in [-0.39, 0.29) is 10.8 Å². The standard InChI is InChI=1S/C22H20N2O2S/c25-21-20(27-22(26)24(21)13-14-5-2-1-3-6-14)12-15-9-10-19-17(11-15)16-7-4-8-18(16)23-19/h1-3,5-6,9-12,16,18,25H,4,7-8,13H2/b15-12+. The molecule has 2 unspecified atom stereocenters. The smallest absolute Gasteiger partial charge is 0.310 e. The highest BCUT2D eigenvalue weighted by atomic mass is 32.1. The van der Waals surface area contributed by atoms with E-state index in [0.717, 1.165) is 27.5 Å². The molecule has 1 aliphatic carbocycles. The fourth-order valence-corrected chi connectivity index (χ4v) is 5.12. The van der Waals surface area contributed by atoms with Crippen LogP contribution in [0.3, 0.4) is 0 Å². The number of thiazole rings is 1. The van der Waals surface area contributed by atoms with Gasteiger partial charge in [-0.1, -0.05) is 54.2 Å². The molecule has 1 aromatic heterocycles. The molecule has 2 heterocycles. The van der Waals surface area contributed by atoms with Gasteiger partial charge in [0.1, 0.15) is 0 Å². The minimum atomic E-state index is -0.144. The number of hydrogen-bond acceptors (Lipinski definition) is 4. The SMILES string of the molecule is O=c1sc(/C=c2\ccc3c(c2)C2CCCC2N=3)c(O)n1Cc1ccccc1. The summed E-state index contributed by atoms with van der Waals surface area (Å²) in [4.78, 5) is 17.7. The van der Waals surface area contributed by atoms with Gasteiger partial charge in [-0.05, 0) is 47.4 Å². The van der Waals surface area contributed by atoms with Crippen molar-refractivity contribution < 1.29 is 5.11 Å². The highest BCUT2D eigenvalue weighted by Gasteiger charge is 2.32. The van der Waals surface area contributed by atoms with E-state index in [4.69, 9.17) is 4.99 Å². The minimum Gasteiger partial charge on any atom is -0.493 e. The number of fused-ring (bicyclic) bond motifs is 3. The average Bonchev–Trinajstić information content (AvgIpc) is 3.33. The Labute approximate surface area is 160 Å². The number of benzene rings is 2. The van der Waals surface area contributed by atoms with Crippen LogP contribution in [0.25, 0.3) is 6.08 Å². The molecular formula is C22H20N2O2S. The first-order chi connectivity index (χ1) is 13.2. The van der Waals surface area contributed by atoms with Crippen LogP contribution in [0.15, 0.2) is 58.3 Å². The van der Waals surface area contributed by atoms with E-state index in [1.807, 2.05) is 42.5 Å². The van der Waals surface area contributed by atoms with Gasteiger partial charge in [-0.25, -0.2) is 0 Å². The third-order valence-corrected chi connectivity index (χ3v) is 6.53. The van der Waals surface area contributed by atoms with Crippen molar-refractivity contribution in [3.63, 3.8) is 0 Å². The first kappa shape index (κ1) is 16.5. The predicted octanol–water partition coefficient (Wildman–Crippen LogP) is 2.76. The van der Waals surface area contributed by atoms with Crippen LogP contribution in [0.1, 0.15) is 41.2 Å². The molecule has 0 spiro atoms. The van der Waals surface area contributed by atoms with Gasteiger partial charge in [0.25, 0.3) is 0 Å². The Balaban J connectivity index is 1.52. The Kier molecular flexibility index (Phi) is 3.97. The zero-order valence-electron chi connectivity index (χ0n) is 14.8. The van der Waals surface area contributed by atoms with Crippen LogP contribution >= 0.6 is 11.3 Å². The summed E-state index contributed by atoms with van der Waals surface area (Å²) in [5.74, 6) is 0.584. The van der Waals surface area contributed by atoms with E-state index in [1.54, 1.807) is 0 Å². The van der Waals surface area contributed by atoms with Gasteiger partial charge < -0.3 is 5.11 Å². The minimum absolute atomic E-state index is 0.0396. The Hall–Kier alpha value is -2.66. The fourth-order valence-electron chi connectivity index (χ4n) is 4.28. The number of rotatable bonds is 3. The lowest BCUT2D eigenvalue weighted by atomic mass is 9.96. The van der Waals surface area contributed by atoms with Crippen LogP contribution in [0.4, 0.5) is 0 Å². The Morgan fingerprint density at radius 3 is 2.89 bits per heavy atom. The first-order valence-corrected chi connectivity index (χ1v) is 10.2. The van der Waals surface area contributed by atoms with Gasteiger partial charge in [-0.3, -0.25) is 14.4 Å². The van der Waals surface area contributed by atoms with Crippen LogP contribution in [0, 0.1) is 0 Å². The molecule has 3 aromatic rings. The third-order valence-electron chi connectivity index (χ3n) is 5.61. The van der Waals surface area contributed by atoms with E-state index in [1.165, 1.54) is 29.4 Å². The fraction of sp³-hybridized carbons (Fsp3) is 0.273. The van der Waals surface area contributed by atoms with Crippen molar-refractivity contribution >= 4 is 17.4 Å². The van der Waals surface area contributed by atoms with E-state index in [2.05, 4.69) is 12.1 Å². The van der Waals surface area contributed by atoms with Gasteiger partial charge >= 0.3 is 4.87 Å². The maximum absolute atomic E-state index is 12.4. The maximum atomic E-state index is 12.4. The quantitative estimate of drug-likeness (QED) is 0.764. The molecule has 5 rings (SSSR count). The molecule has 136 valence electrons. The van der Waals surface area contributed by atoms with Crippen molar-refractivity contribution in [2.75, 3.05) is 0 Å². The summed E-state index contributed by atoms with van der Waals surface area (Å²) in [6.07, 6.45) is 5.54. The summed E-state index contributed by atoms with van der Waals surface area (Å²) in [6.45, 7) is 0.378. The maximum Gasteiger partial charge on any atom is 0.310 e. The van der Waals surface area contributed by atoms with Crippen molar-refractivity contribution in [1.82, 2.24) is 4.57 Å². The second-order valence-corrected chi connectivity index (χ2v) is 8.32. The van der Waals surface area contributed by atoms with Crippen LogP contribution in [0.5, 0.6) is 5.88 Å². The lowest BCUT2D eigenvalue weighted by Gasteiger charge is -2.07. The van der Waals surface area contributed by atoms with Gasteiger partial charge in [0, 0.05) is 5.92 Å². The molecule has 2 aromatic carbocycles. The van der Waals surface area contributed by atoms with Crippen molar-refractivity contribution in [2.24, 2.45) is 4.99 Å². The van der Waals surface area contributed by atoms with E-state index >= 15 is 0 Å². The van der Waals surface area contributed by atoms with E-state index < -0.39 is 0 Å². The third kappa shape index (κ3) is 2.92. The summed E-state index contributed by atoms with van der Waals surface area (Å²) < 4.78 is 1.43. The van der Waals surface area contributed by atoms with E-state index in [0.29, 0.717) is 23.4 Å². The molecule has 4 nitrogen and oxygen atoms in total. The number of aromatic nitrogens is 1. The van der Waals surface area contributed by atoms with E-state index in [9.17, 15) is 9.90 Å². The lowest BCUT2D eigenvalue weighted by Crippen LogP contribution is -2.13. The van der Waals surface area contributed by atoms with Crippen LogP contribution in [-0.4, -0.2) is 15.7 Å². The summed E-state index contributed by atoms with van der Waals surface area (Å²) in [6, 6.07) is 16.4. The largest absolute Gasteiger partial charge is 0.493 e. The second-order valence-electron chi connectivity index (χ2n) is 7.32. The molecule has 0 radical (unpaired) electrons. The van der Waals surface area contributed by atoms with Crippen LogP contribution in [0.2, 0.25) is 0 Å². The Morgan fingerprint density at radius 2 is 2.04 bits per heavy atom. The van der Waals surface area contributed by atoms with Gasteiger partial charge in [0.05, 0.1) is 22.8 Å². The van der Waals surface area contributed by atoms with Crippen molar-refractivity contribution in [1.29, 1.82) is 0 Å². The summed E-state index contributed by atoms with van der Waals surface area (Å²) >= 11 is 1.09. The molecule has 1 saturated carbocycles. The Bertz CT molecular complexity index is 1180. The molecule has 2 atom stereocenters. The predicted molar refractivity (Wildman–Crippen MR) is 107 cm³/mol. The normalized spacial score (nSPS) is 21.1. The number of aromatic hydroxyl groups is 1. The van der Waals surface area contributed by atoms with Gasteiger partial charge in [0.2, 0.25) is 5.88 Å². The molecule has 2 aliphatic rings. The molecule has 1 aliphatic heterocycles. The van der Waals surface area contributed by atoms with Gasteiger partial charge in [0.15, 0.2) is 0 Å². The van der Waals surface area contributed by atoms with Crippen molar-refractivity contribution in [3.8, 4) is 5.88 Å². The number of nitrogens with zero attached hydrogens (tertiary/aromatic N) is 2. The monoisotopic (exact) mass is 376 g/mol. The van der Waals surface area contributed by atoms with Crippen molar-refractivity contribution in [2.45, 2.75) is 37.8 Å². The van der Waals surface area contributed by atoms with Crippen LogP contribution in [-0.2, 0) is 6.54 Å². The first-order valence-electron chi connectivity index (χ1n) is 9.35. The molecule has 5 heteroatoms. The second kappa shape index (κ2) is 6.50. The molecule has 1 N–H and O–H groups in total. The van der Waals surface area contributed by atoms with Crippen LogP contribution < -0.4 is 15.4 Å². The highest BCUT2D eigenvalue weighted by Crippen LogP contribution is 2.37. The summed E-state index contributed by atoms with van der Waals surface area (Å²) in [5, 5.41) is 12.7. The van der Waals surface area contributed by atoms with Gasteiger partial charge in [-0.2, -0.15) is 0 Å². The molecule has 0 saturated heterocycles. The zero-order chi connectivity index (χ0) is 18.4. The highest BCUT2D eigenvalue weighted by molar-refractivity contribution is 7.10. The molecule has 0 amide bonds. The number of hydrogen-bond donors (Lipinski definition) is 1. The summed E-state index contributed by atoms with van der Waals surface area (Å²) in [7, 11) is 0. The molecular weight excluding hydrogens is 356 g/mol. The molecule has 1 fully saturated rings. The van der Waals surface area contributed by atoms with Crippen molar-refractivity contribution in [3.05, 3.63) is 84.8 Å².